The Hall–Kier alpha value is -3.38. The number of nitrogens with zero attached hydrogens (tertiary/aromatic N) is 1. The van der Waals surface area contributed by atoms with Crippen molar-refractivity contribution in [2.75, 3.05) is 11.9 Å². The van der Waals surface area contributed by atoms with E-state index in [-0.39, 0.29) is 18.4 Å². The van der Waals surface area contributed by atoms with Gasteiger partial charge in [-0.3, -0.25) is 14.6 Å². The highest BCUT2D eigenvalue weighted by molar-refractivity contribution is 6.33. The van der Waals surface area contributed by atoms with E-state index in [0.717, 1.165) is 5.56 Å². The Morgan fingerprint density at radius 3 is 2.54 bits per heavy atom. The molecule has 0 saturated carbocycles. The Morgan fingerprint density at radius 2 is 1.86 bits per heavy atom. The fourth-order valence-electron chi connectivity index (χ4n) is 2.40. The van der Waals surface area contributed by atoms with Crippen LogP contribution < -0.4 is 15.4 Å². The minimum Gasteiger partial charge on any atom is -0.456 e. The van der Waals surface area contributed by atoms with Crippen LogP contribution in [0.2, 0.25) is 5.02 Å². The number of benzene rings is 2. The van der Waals surface area contributed by atoms with Gasteiger partial charge < -0.3 is 15.4 Å². The molecule has 0 unspecified atom stereocenters. The maximum atomic E-state index is 12.2. The zero-order valence-electron chi connectivity index (χ0n) is 15.1. The van der Waals surface area contributed by atoms with E-state index in [0.29, 0.717) is 27.8 Å². The molecule has 2 N–H and O–H groups in total. The average molecular weight is 396 g/mol. The summed E-state index contributed by atoms with van der Waals surface area (Å²) in [6.45, 7) is 1.74. The normalized spacial score (nSPS) is 10.2. The predicted octanol–water partition coefficient (Wildman–Crippen LogP) is 4.20. The molecule has 1 heterocycles. The third-order valence-corrected chi connectivity index (χ3v) is 4.11. The molecule has 3 rings (SSSR count). The summed E-state index contributed by atoms with van der Waals surface area (Å²) < 4.78 is 5.63. The van der Waals surface area contributed by atoms with E-state index in [1.807, 2.05) is 13.0 Å². The van der Waals surface area contributed by atoms with Gasteiger partial charge in [-0.15, -0.1) is 0 Å². The average Bonchev–Trinajstić information content (AvgIpc) is 2.70. The Bertz CT molecular complexity index is 976. The van der Waals surface area contributed by atoms with E-state index >= 15 is 0 Å². The van der Waals surface area contributed by atoms with Gasteiger partial charge in [-0.1, -0.05) is 17.7 Å². The number of halogens is 1. The molecule has 0 bridgehead atoms. The number of pyridine rings is 1. The van der Waals surface area contributed by atoms with Crippen LogP contribution in [-0.2, 0) is 4.79 Å². The molecular formula is C21H18ClN3O3. The molecule has 0 aliphatic rings. The number of carbonyl (C=O) groups is 2. The second kappa shape index (κ2) is 9.01. The predicted molar refractivity (Wildman–Crippen MR) is 108 cm³/mol. The van der Waals surface area contributed by atoms with E-state index < -0.39 is 0 Å². The summed E-state index contributed by atoms with van der Waals surface area (Å²) in [5.41, 5.74) is 1.91. The number of aromatic nitrogens is 1. The first-order chi connectivity index (χ1) is 13.5. The van der Waals surface area contributed by atoms with E-state index in [4.69, 9.17) is 16.3 Å². The number of rotatable bonds is 6. The van der Waals surface area contributed by atoms with Crippen molar-refractivity contribution in [3.05, 3.63) is 83.1 Å². The van der Waals surface area contributed by atoms with Crippen molar-refractivity contribution in [2.24, 2.45) is 0 Å². The maximum absolute atomic E-state index is 12.2. The number of amides is 2. The lowest BCUT2D eigenvalue weighted by atomic mass is 10.2. The fraction of sp³-hybridized carbons (Fsp3) is 0.0952. The van der Waals surface area contributed by atoms with Crippen LogP contribution in [-0.4, -0.2) is 23.3 Å². The summed E-state index contributed by atoms with van der Waals surface area (Å²) in [7, 11) is 0. The molecule has 0 atom stereocenters. The Balaban J connectivity index is 1.52. The summed E-state index contributed by atoms with van der Waals surface area (Å²) in [5, 5.41) is 5.69. The van der Waals surface area contributed by atoms with Crippen LogP contribution in [0.1, 0.15) is 15.9 Å². The summed E-state index contributed by atoms with van der Waals surface area (Å²) >= 11 is 6.09. The number of anilines is 1. The van der Waals surface area contributed by atoms with Crippen LogP contribution in [0, 0.1) is 6.92 Å². The molecule has 142 valence electrons. The van der Waals surface area contributed by atoms with Gasteiger partial charge in [0.2, 0.25) is 5.91 Å². The molecule has 0 spiro atoms. The topological polar surface area (TPSA) is 80.3 Å². The zero-order valence-corrected chi connectivity index (χ0v) is 15.9. The number of hydrogen-bond acceptors (Lipinski definition) is 4. The minimum absolute atomic E-state index is 0.170. The van der Waals surface area contributed by atoms with Crippen molar-refractivity contribution < 1.29 is 14.3 Å². The van der Waals surface area contributed by atoms with Crippen LogP contribution in [0.4, 0.5) is 5.69 Å². The van der Waals surface area contributed by atoms with Gasteiger partial charge in [0.15, 0.2) is 0 Å². The quantitative estimate of drug-likeness (QED) is 0.655. The first kappa shape index (κ1) is 19.4. The van der Waals surface area contributed by atoms with Crippen LogP contribution >= 0.6 is 11.6 Å². The summed E-state index contributed by atoms with van der Waals surface area (Å²) in [5.74, 6) is 0.455. The number of hydrogen-bond donors (Lipinski definition) is 2. The summed E-state index contributed by atoms with van der Waals surface area (Å²) in [6, 6.07) is 15.5. The van der Waals surface area contributed by atoms with Crippen molar-refractivity contribution in [1.82, 2.24) is 10.3 Å². The Kier molecular flexibility index (Phi) is 6.24. The first-order valence-corrected chi connectivity index (χ1v) is 8.91. The molecule has 2 aromatic carbocycles. The molecular weight excluding hydrogens is 378 g/mol. The number of ether oxygens (including phenoxy) is 1. The van der Waals surface area contributed by atoms with E-state index in [1.54, 1.807) is 60.9 Å². The lowest BCUT2D eigenvalue weighted by Gasteiger charge is -2.09. The van der Waals surface area contributed by atoms with Gasteiger partial charge in [0, 0.05) is 11.8 Å². The highest BCUT2D eigenvalue weighted by atomic mass is 35.5. The number of carbonyl (C=O) groups excluding carboxylic acids is 2. The summed E-state index contributed by atoms with van der Waals surface area (Å²) in [4.78, 5) is 28.2. The molecule has 7 heteroatoms. The SMILES string of the molecule is Cc1ccc(NC(=O)CNC(=O)c2ccc(Oc3cccnc3)cc2)c(Cl)c1. The second-order valence-electron chi connectivity index (χ2n) is 6.03. The Labute approximate surface area is 167 Å². The molecule has 2 amide bonds. The molecule has 6 nitrogen and oxygen atoms in total. The highest BCUT2D eigenvalue weighted by Crippen LogP contribution is 2.22. The third-order valence-electron chi connectivity index (χ3n) is 3.79. The zero-order chi connectivity index (χ0) is 19.9. The van der Waals surface area contributed by atoms with Gasteiger partial charge in [-0.25, -0.2) is 0 Å². The van der Waals surface area contributed by atoms with Crippen molar-refractivity contribution in [3.8, 4) is 11.5 Å². The van der Waals surface area contributed by atoms with Gasteiger partial charge in [-0.05, 0) is 61.0 Å². The lowest BCUT2D eigenvalue weighted by molar-refractivity contribution is -0.115. The fourth-order valence-corrected chi connectivity index (χ4v) is 2.68. The molecule has 0 saturated heterocycles. The smallest absolute Gasteiger partial charge is 0.251 e. The molecule has 0 aliphatic carbocycles. The highest BCUT2D eigenvalue weighted by Gasteiger charge is 2.10. The molecule has 3 aromatic rings. The molecule has 0 aliphatic heterocycles. The molecule has 0 radical (unpaired) electrons. The first-order valence-electron chi connectivity index (χ1n) is 8.53. The van der Waals surface area contributed by atoms with Crippen LogP contribution in [0.3, 0.4) is 0 Å². The number of nitrogens with one attached hydrogen (secondary N) is 2. The Morgan fingerprint density at radius 1 is 1.07 bits per heavy atom. The van der Waals surface area contributed by atoms with E-state index in [1.165, 1.54) is 0 Å². The van der Waals surface area contributed by atoms with Crippen LogP contribution in [0.25, 0.3) is 0 Å². The van der Waals surface area contributed by atoms with Gasteiger partial charge in [-0.2, -0.15) is 0 Å². The van der Waals surface area contributed by atoms with Crippen molar-refractivity contribution in [2.45, 2.75) is 6.92 Å². The number of aryl methyl sites for hydroxylation is 1. The monoisotopic (exact) mass is 395 g/mol. The van der Waals surface area contributed by atoms with E-state index in [9.17, 15) is 9.59 Å². The summed E-state index contributed by atoms with van der Waals surface area (Å²) in [6.07, 6.45) is 3.25. The largest absolute Gasteiger partial charge is 0.456 e. The van der Waals surface area contributed by atoms with Crippen LogP contribution in [0.15, 0.2) is 67.0 Å². The molecule has 28 heavy (non-hydrogen) atoms. The standard InChI is InChI=1S/C21H18ClN3O3/c1-14-4-9-19(18(22)11-14)25-20(26)13-24-21(27)15-5-7-16(8-6-15)28-17-3-2-10-23-12-17/h2-12H,13H2,1H3,(H,24,27)(H,25,26). The van der Waals surface area contributed by atoms with E-state index in [2.05, 4.69) is 15.6 Å². The maximum Gasteiger partial charge on any atom is 0.251 e. The van der Waals surface area contributed by atoms with Crippen molar-refractivity contribution >= 4 is 29.1 Å². The minimum atomic E-state index is -0.365. The third kappa shape index (κ3) is 5.31. The van der Waals surface area contributed by atoms with Gasteiger partial charge in [0.1, 0.15) is 11.5 Å². The molecule has 0 fully saturated rings. The van der Waals surface area contributed by atoms with Gasteiger partial charge >= 0.3 is 0 Å². The second-order valence-corrected chi connectivity index (χ2v) is 6.44. The molecule has 1 aromatic heterocycles. The van der Waals surface area contributed by atoms with Crippen molar-refractivity contribution in [1.29, 1.82) is 0 Å². The van der Waals surface area contributed by atoms with Crippen LogP contribution in [0.5, 0.6) is 11.5 Å². The van der Waals surface area contributed by atoms with Crippen molar-refractivity contribution in [3.63, 3.8) is 0 Å². The van der Waals surface area contributed by atoms with Gasteiger partial charge in [0.25, 0.3) is 5.91 Å². The lowest BCUT2D eigenvalue weighted by Crippen LogP contribution is -2.32. The van der Waals surface area contributed by atoms with Gasteiger partial charge in [0.05, 0.1) is 23.5 Å².